The normalized spacial score (nSPS) is 24.8. The predicted octanol–water partition coefficient (Wildman–Crippen LogP) is 7.96. The van der Waals surface area contributed by atoms with Gasteiger partial charge in [-0.25, -0.2) is 0 Å². The molecule has 5 N–H and O–H groups in total. The number of hydrogen-bond donors (Lipinski definition) is 5. The Morgan fingerprint density at radius 1 is 1.02 bits per heavy atom. The third-order valence-corrected chi connectivity index (χ3v) is 9.90. The summed E-state index contributed by atoms with van der Waals surface area (Å²) in [5, 5.41) is 36.7. The maximum Gasteiger partial charge on any atom is 0.222 e. The van der Waals surface area contributed by atoms with Crippen molar-refractivity contribution >= 4 is 12.2 Å². The summed E-state index contributed by atoms with van der Waals surface area (Å²) in [6, 6.07) is 0. The molecule has 0 saturated heterocycles. The van der Waals surface area contributed by atoms with Gasteiger partial charge in [0.05, 0.1) is 12.2 Å². The van der Waals surface area contributed by atoms with Crippen molar-refractivity contribution < 1.29 is 31.4 Å². The van der Waals surface area contributed by atoms with E-state index in [4.69, 9.17) is 20.1 Å². The van der Waals surface area contributed by atoms with Crippen LogP contribution in [-0.4, -0.2) is 64.6 Å². The van der Waals surface area contributed by atoms with E-state index >= 15 is 0 Å². The molecule has 0 aliphatic heterocycles. The fourth-order valence-corrected chi connectivity index (χ4v) is 7.17. The van der Waals surface area contributed by atoms with E-state index in [0.717, 1.165) is 30.6 Å². The first-order chi connectivity index (χ1) is 22.1. The highest BCUT2D eigenvalue weighted by Crippen LogP contribution is 2.60. The lowest BCUT2D eigenvalue weighted by atomic mass is 9.60. The minimum atomic E-state index is -0.515. The number of hydrogen-bond acceptors (Lipinski definition) is 6. The number of rotatable bonds is 12. The van der Waals surface area contributed by atoms with Crippen molar-refractivity contribution in [3.05, 3.63) is 35.5 Å². The van der Waals surface area contributed by atoms with Crippen molar-refractivity contribution in [2.75, 3.05) is 26.4 Å². The van der Waals surface area contributed by atoms with E-state index in [1.54, 1.807) is 5.57 Å². The molecule has 1 amide bonds. The molecule has 0 radical (unpaired) electrons. The van der Waals surface area contributed by atoms with Crippen LogP contribution in [0.4, 0.5) is 0 Å². The lowest BCUT2D eigenvalue weighted by Gasteiger charge is -2.44. The quantitative estimate of drug-likeness (QED) is 0.106. The fourth-order valence-electron chi connectivity index (χ4n) is 7.17. The molecule has 3 aliphatic carbocycles. The second kappa shape index (κ2) is 24.4. The number of aliphatic hydroxyl groups is 4. The van der Waals surface area contributed by atoms with Gasteiger partial charge in [-0.05, 0) is 119 Å². The number of carbonyl (C=O) groups is 2. The van der Waals surface area contributed by atoms with Gasteiger partial charge in [-0.15, -0.1) is 0 Å². The van der Waals surface area contributed by atoms with Gasteiger partial charge in [0, 0.05) is 27.1 Å². The van der Waals surface area contributed by atoms with Gasteiger partial charge in [-0.1, -0.05) is 84.3 Å². The lowest BCUT2D eigenvalue weighted by molar-refractivity contribution is -0.124. The van der Waals surface area contributed by atoms with Gasteiger partial charge < -0.3 is 30.5 Å². The van der Waals surface area contributed by atoms with Crippen LogP contribution >= 0.6 is 0 Å². The highest BCUT2D eigenvalue weighted by atomic mass is 16.3. The number of allylic oxidation sites excluding steroid dienone is 5. The monoisotopic (exact) mass is 666 g/mol. The van der Waals surface area contributed by atoms with E-state index in [2.05, 4.69) is 37.9 Å². The molecule has 0 heterocycles. The molecule has 3 fully saturated rings. The van der Waals surface area contributed by atoms with Crippen LogP contribution in [0, 0.1) is 35.0 Å². The number of fused-ring (bicyclic) bond motifs is 1. The number of nitrogens with one attached hydrogen (secondary N) is 1. The first-order valence-electron chi connectivity index (χ1n) is 18.4. The van der Waals surface area contributed by atoms with Crippen LogP contribution in [0.15, 0.2) is 35.5 Å². The van der Waals surface area contributed by atoms with Crippen LogP contribution in [0.25, 0.3) is 0 Å². The van der Waals surface area contributed by atoms with E-state index in [-0.39, 0.29) is 26.5 Å². The molecule has 0 aromatic heterocycles. The molecule has 0 bridgehead atoms. The molecule has 276 valence electrons. The summed E-state index contributed by atoms with van der Waals surface area (Å²) in [5.74, 6) is 2.94. The molecule has 7 heteroatoms. The molecule has 7 nitrogen and oxygen atoms in total. The second-order valence-electron chi connectivity index (χ2n) is 15.5. The van der Waals surface area contributed by atoms with Gasteiger partial charge in [0.15, 0.2) is 0 Å². The van der Waals surface area contributed by atoms with Crippen molar-refractivity contribution in [3.63, 3.8) is 0 Å². The van der Waals surface area contributed by atoms with E-state index in [1.807, 2.05) is 41.5 Å². The van der Waals surface area contributed by atoms with Crippen molar-refractivity contribution in [1.29, 1.82) is 0 Å². The Hall–Kier alpha value is -1.80. The summed E-state index contributed by atoms with van der Waals surface area (Å²) in [4.78, 5) is 19.7. The van der Waals surface area contributed by atoms with Gasteiger partial charge in [0.1, 0.15) is 6.29 Å². The SMILES string of the molecule is C=C1CCCC/C1=C/C=C1\CCCC2(C)C1CCC2[C@H](C)CCCC(C)(C)O.CC(C)C(=O)NCCCO.CC(C)CO.O=CCO.[HH]. The van der Waals surface area contributed by atoms with Crippen LogP contribution in [0.3, 0.4) is 0 Å². The Labute approximate surface area is 289 Å². The van der Waals surface area contributed by atoms with E-state index < -0.39 is 5.60 Å². The number of amides is 1. The molecule has 3 rings (SSSR count). The molecular weight excluding hydrogens is 590 g/mol. The lowest BCUT2D eigenvalue weighted by Crippen LogP contribution is -2.36. The van der Waals surface area contributed by atoms with Crippen molar-refractivity contribution in [2.45, 2.75) is 144 Å². The number of aliphatic hydroxyl groups excluding tert-OH is 3. The molecule has 0 spiro atoms. The molecule has 3 aliphatic rings. The van der Waals surface area contributed by atoms with Crippen LogP contribution in [0.1, 0.15) is 140 Å². The summed E-state index contributed by atoms with van der Waals surface area (Å²) < 4.78 is 0. The Morgan fingerprint density at radius 3 is 2.15 bits per heavy atom. The standard InChI is InChI=1S/C27H44O.C7H15NO2.C4H10O.C2H4O2.H2/c1-20-10-6-7-12-22(20)14-15-23-13-9-19-27(5)24(16-17-25(23)27)21(2)11-8-18-26(3,4)28;1-6(2)7(10)8-4-3-5-9;1-4(2)3-5;3-1-2-4;/h14-15,21,24-25,28H,1,6-13,16-19H2,2-5H3;6,9H,3-5H2,1-2H3,(H,8,10);4-5H,3H2,1-2H3;1,4H,2H2;1H/b22-14-,23-15+;;;;/t21-,24?,25?,27?;;;;/m1..../s1. The average Bonchev–Trinajstić information content (AvgIpc) is 3.38. The second-order valence-corrected chi connectivity index (χ2v) is 15.5. The molecule has 0 aromatic rings. The summed E-state index contributed by atoms with van der Waals surface area (Å²) in [7, 11) is 0. The van der Waals surface area contributed by atoms with Crippen LogP contribution in [0.5, 0.6) is 0 Å². The van der Waals surface area contributed by atoms with Gasteiger partial charge in [0.2, 0.25) is 5.91 Å². The fraction of sp³-hybridized carbons (Fsp3) is 0.800. The van der Waals surface area contributed by atoms with Crippen molar-refractivity contribution in [2.24, 2.45) is 35.0 Å². The topological polar surface area (TPSA) is 127 Å². The van der Waals surface area contributed by atoms with Gasteiger partial charge in [0.25, 0.3) is 0 Å². The largest absolute Gasteiger partial charge is 0.396 e. The van der Waals surface area contributed by atoms with Gasteiger partial charge in [-0.2, -0.15) is 0 Å². The highest BCUT2D eigenvalue weighted by Gasteiger charge is 2.50. The zero-order valence-corrected chi connectivity index (χ0v) is 31.5. The summed E-state index contributed by atoms with van der Waals surface area (Å²) in [6.45, 7) is 21.6. The van der Waals surface area contributed by atoms with E-state index in [9.17, 15) is 9.90 Å². The maximum absolute atomic E-state index is 10.8. The highest BCUT2D eigenvalue weighted by molar-refractivity contribution is 5.77. The average molecular weight is 666 g/mol. The third kappa shape index (κ3) is 18.5. The Kier molecular flexibility index (Phi) is 23.4. The van der Waals surface area contributed by atoms with Crippen LogP contribution in [0.2, 0.25) is 0 Å². The Morgan fingerprint density at radius 2 is 1.64 bits per heavy atom. The van der Waals surface area contributed by atoms with Gasteiger partial charge in [-0.3, -0.25) is 4.79 Å². The van der Waals surface area contributed by atoms with E-state index in [1.165, 1.54) is 75.4 Å². The predicted molar refractivity (Wildman–Crippen MR) is 198 cm³/mol. The molecule has 4 atom stereocenters. The van der Waals surface area contributed by atoms with Crippen LogP contribution < -0.4 is 5.32 Å². The molecule has 47 heavy (non-hydrogen) atoms. The summed E-state index contributed by atoms with van der Waals surface area (Å²) in [5.41, 5.74) is 4.59. The number of aldehydes is 1. The molecule has 3 unspecified atom stereocenters. The van der Waals surface area contributed by atoms with Gasteiger partial charge >= 0.3 is 0 Å². The Bertz CT molecular complexity index is 954. The molecule has 0 aromatic carbocycles. The van der Waals surface area contributed by atoms with Crippen molar-refractivity contribution in [1.82, 2.24) is 5.32 Å². The first-order valence-corrected chi connectivity index (χ1v) is 18.4. The summed E-state index contributed by atoms with van der Waals surface area (Å²) in [6.07, 6.45) is 21.3. The maximum atomic E-state index is 10.8. The smallest absolute Gasteiger partial charge is 0.222 e. The van der Waals surface area contributed by atoms with Crippen LogP contribution in [-0.2, 0) is 9.59 Å². The minimum Gasteiger partial charge on any atom is -0.396 e. The molecule has 3 saturated carbocycles. The minimum absolute atomic E-state index is 0. The molecular formula is C40H75NO6. The zero-order chi connectivity index (χ0) is 36.0. The van der Waals surface area contributed by atoms with E-state index in [0.29, 0.717) is 37.2 Å². The Balaban J connectivity index is 0. The zero-order valence-electron chi connectivity index (χ0n) is 31.5. The summed E-state index contributed by atoms with van der Waals surface area (Å²) >= 11 is 0. The first kappa shape index (κ1) is 45.2. The number of carbonyl (C=O) groups excluding carboxylic acids is 2. The third-order valence-electron chi connectivity index (χ3n) is 9.90. The van der Waals surface area contributed by atoms with Crippen molar-refractivity contribution in [3.8, 4) is 0 Å².